The third-order valence-corrected chi connectivity index (χ3v) is 6.45. The molecular weight excluding hydrogens is 426 g/mol. The number of aryl methyl sites for hydroxylation is 2. The van der Waals surface area contributed by atoms with E-state index < -0.39 is 11.2 Å². The Labute approximate surface area is 189 Å². The van der Waals surface area contributed by atoms with Crippen LogP contribution in [-0.4, -0.2) is 33.9 Å². The first-order valence-corrected chi connectivity index (χ1v) is 11.8. The van der Waals surface area contributed by atoms with Crippen molar-refractivity contribution in [1.82, 2.24) is 33.9 Å². The minimum absolute atomic E-state index is 0.411. The van der Waals surface area contributed by atoms with Crippen molar-refractivity contribution in [3.63, 3.8) is 0 Å². The first-order valence-electron chi connectivity index (χ1n) is 10.8. The zero-order valence-corrected chi connectivity index (χ0v) is 19.4. The molecular formula is C22H27N7O2S. The monoisotopic (exact) mass is 453 g/mol. The smallest absolute Gasteiger partial charge is 0.325 e. The van der Waals surface area contributed by atoms with E-state index in [2.05, 4.69) is 50.7 Å². The topological polar surface area (TPSA) is 103 Å². The standard InChI is InChI=1S/C22H27N7O2S/c1-4-6-12-29-19-18(20(30)24-21(29)31)27(3)17(23-19)14-32-22-26-25-16(28(22)5-2)13-15-10-8-7-9-11-15/h7-11H,4-6,12-14H2,1-3H3,(H,24,30,31). The molecule has 10 heteroatoms. The van der Waals surface area contributed by atoms with E-state index in [1.165, 1.54) is 17.3 Å². The maximum atomic E-state index is 12.4. The molecule has 0 bridgehead atoms. The molecule has 0 radical (unpaired) electrons. The fourth-order valence-corrected chi connectivity index (χ4v) is 4.73. The molecule has 0 saturated carbocycles. The minimum atomic E-state index is -0.412. The highest BCUT2D eigenvalue weighted by atomic mass is 32.2. The minimum Gasteiger partial charge on any atom is -0.325 e. The molecule has 0 aliphatic carbocycles. The normalized spacial score (nSPS) is 11.5. The Morgan fingerprint density at radius 3 is 2.53 bits per heavy atom. The van der Waals surface area contributed by atoms with Crippen LogP contribution in [0.5, 0.6) is 0 Å². The van der Waals surface area contributed by atoms with E-state index in [4.69, 9.17) is 0 Å². The van der Waals surface area contributed by atoms with E-state index >= 15 is 0 Å². The Morgan fingerprint density at radius 1 is 1.03 bits per heavy atom. The highest BCUT2D eigenvalue weighted by Crippen LogP contribution is 2.23. The van der Waals surface area contributed by atoms with Crippen molar-refractivity contribution in [3.8, 4) is 0 Å². The number of H-pyrrole nitrogens is 1. The molecule has 0 unspecified atom stereocenters. The van der Waals surface area contributed by atoms with Crippen molar-refractivity contribution in [2.75, 3.05) is 0 Å². The van der Waals surface area contributed by atoms with Crippen LogP contribution in [0, 0.1) is 0 Å². The summed E-state index contributed by atoms with van der Waals surface area (Å²) in [7, 11) is 1.81. The van der Waals surface area contributed by atoms with Crippen LogP contribution in [0.25, 0.3) is 11.2 Å². The molecule has 32 heavy (non-hydrogen) atoms. The van der Waals surface area contributed by atoms with Crippen molar-refractivity contribution in [2.24, 2.45) is 7.05 Å². The van der Waals surface area contributed by atoms with Gasteiger partial charge in [0.2, 0.25) is 0 Å². The largest absolute Gasteiger partial charge is 0.330 e. The molecule has 0 fully saturated rings. The number of fused-ring (bicyclic) bond motifs is 1. The summed E-state index contributed by atoms with van der Waals surface area (Å²) in [5, 5.41) is 9.59. The molecule has 1 aromatic carbocycles. The van der Waals surface area contributed by atoms with Crippen LogP contribution >= 0.6 is 11.8 Å². The summed E-state index contributed by atoms with van der Waals surface area (Å²) in [6.07, 6.45) is 2.50. The first-order chi connectivity index (χ1) is 15.5. The highest BCUT2D eigenvalue weighted by molar-refractivity contribution is 7.98. The van der Waals surface area contributed by atoms with Gasteiger partial charge in [-0.15, -0.1) is 10.2 Å². The number of aromatic amines is 1. The number of hydrogen-bond donors (Lipinski definition) is 1. The maximum absolute atomic E-state index is 12.4. The van der Waals surface area contributed by atoms with Gasteiger partial charge in [-0.3, -0.25) is 14.3 Å². The van der Waals surface area contributed by atoms with E-state index in [-0.39, 0.29) is 0 Å². The molecule has 9 nitrogen and oxygen atoms in total. The molecule has 0 aliphatic heterocycles. The lowest BCUT2D eigenvalue weighted by Crippen LogP contribution is -2.31. The zero-order valence-electron chi connectivity index (χ0n) is 18.5. The number of nitrogens with one attached hydrogen (secondary N) is 1. The van der Waals surface area contributed by atoms with Crippen molar-refractivity contribution in [1.29, 1.82) is 0 Å². The van der Waals surface area contributed by atoms with Gasteiger partial charge in [-0.2, -0.15) is 0 Å². The average Bonchev–Trinajstić information content (AvgIpc) is 3.33. The third kappa shape index (κ3) is 4.27. The second-order valence-electron chi connectivity index (χ2n) is 7.62. The Kier molecular flexibility index (Phi) is 6.59. The van der Waals surface area contributed by atoms with E-state index in [1.807, 2.05) is 18.2 Å². The molecule has 0 atom stereocenters. The predicted octanol–water partition coefficient (Wildman–Crippen LogP) is 2.72. The van der Waals surface area contributed by atoms with E-state index in [0.717, 1.165) is 30.4 Å². The number of benzene rings is 1. The van der Waals surface area contributed by atoms with Crippen LogP contribution < -0.4 is 11.2 Å². The fraction of sp³-hybridized carbons (Fsp3) is 0.409. The third-order valence-electron chi connectivity index (χ3n) is 5.49. The molecule has 0 spiro atoms. The lowest BCUT2D eigenvalue weighted by Gasteiger charge is -2.07. The Bertz CT molecular complexity index is 1330. The lowest BCUT2D eigenvalue weighted by atomic mass is 10.1. The van der Waals surface area contributed by atoms with Gasteiger partial charge >= 0.3 is 5.69 Å². The number of rotatable bonds is 9. The lowest BCUT2D eigenvalue weighted by molar-refractivity contribution is 0.613. The summed E-state index contributed by atoms with van der Waals surface area (Å²) >= 11 is 1.53. The quantitative estimate of drug-likeness (QED) is 0.391. The van der Waals surface area contributed by atoms with Crippen molar-refractivity contribution in [2.45, 2.75) is 57.1 Å². The molecule has 1 N–H and O–H groups in total. The second kappa shape index (κ2) is 9.56. The van der Waals surface area contributed by atoms with Gasteiger partial charge in [0.15, 0.2) is 16.3 Å². The van der Waals surface area contributed by atoms with Crippen LogP contribution in [0.2, 0.25) is 0 Å². The van der Waals surface area contributed by atoms with Crippen LogP contribution in [0.15, 0.2) is 45.1 Å². The molecule has 3 heterocycles. The molecule has 168 valence electrons. The summed E-state index contributed by atoms with van der Waals surface area (Å²) in [5.74, 6) is 2.13. The van der Waals surface area contributed by atoms with E-state index in [1.54, 1.807) is 16.2 Å². The van der Waals surface area contributed by atoms with Gasteiger partial charge in [0.05, 0.1) is 5.75 Å². The van der Waals surface area contributed by atoms with E-state index in [9.17, 15) is 9.59 Å². The van der Waals surface area contributed by atoms with E-state index in [0.29, 0.717) is 35.7 Å². The van der Waals surface area contributed by atoms with Crippen LogP contribution in [-0.2, 0) is 32.3 Å². The van der Waals surface area contributed by atoms with Gasteiger partial charge < -0.3 is 9.13 Å². The Hall–Kier alpha value is -3.14. The Balaban J connectivity index is 1.61. The SMILES string of the molecule is CCCCn1c(=O)[nH]c(=O)c2c1nc(CSc1nnc(Cc3ccccc3)n1CC)n2C. The molecule has 4 rings (SSSR count). The van der Waals surface area contributed by atoms with Crippen molar-refractivity contribution in [3.05, 3.63) is 68.4 Å². The van der Waals surface area contributed by atoms with Crippen LogP contribution in [0.1, 0.15) is 43.9 Å². The highest BCUT2D eigenvalue weighted by Gasteiger charge is 2.18. The van der Waals surface area contributed by atoms with Crippen molar-refractivity contribution < 1.29 is 0 Å². The zero-order chi connectivity index (χ0) is 22.7. The summed E-state index contributed by atoms with van der Waals surface area (Å²) in [4.78, 5) is 31.9. The fourth-order valence-electron chi connectivity index (χ4n) is 3.73. The number of unbranched alkanes of at least 4 members (excludes halogenated alkanes) is 1. The van der Waals surface area contributed by atoms with Gasteiger partial charge in [0.25, 0.3) is 5.56 Å². The van der Waals surface area contributed by atoms with Crippen molar-refractivity contribution >= 4 is 22.9 Å². The molecule has 0 aliphatic rings. The second-order valence-corrected chi connectivity index (χ2v) is 8.56. The summed E-state index contributed by atoms with van der Waals surface area (Å²) in [5.41, 5.74) is 1.21. The van der Waals surface area contributed by atoms with Crippen LogP contribution in [0.4, 0.5) is 0 Å². The predicted molar refractivity (Wildman–Crippen MR) is 125 cm³/mol. The van der Waals surface area contributed by atoms with Gasteiger partial charge in [0.1, 0.15) is 11.6 Å². The molecule has 3 aromatic heterocycles. The number of aromatic nitrogens is 7. The summed E-state index contributed by atoms with van der Waals surface area (Å²) < 4.78 is 5.42. The van der Waals surface area contributed by atoms with Gasteiger partial charge in [-0.05, 0) is 18.9 Å². The first kappa shape index (κ1) is 22.1. The molecule has 0 saturated heterocycles. The van der Waals surface area contributed by atoms with Gasteiger partial charge in [0, 0.05) is 26.6 Å². The average molecular weight is 454 g/mol. The summed E-state index contributed by atoms with van der Waals surface area (Å²) in [6.45, 7) is 5.42. The Morgan fingerprint density at radius 2 is 1.81 bits per heavy atom. The van der Waals surface area contributed by atoms with Gasteiger partial charge in [-0.1, -0.05) is 55.4 Å². The van der Waals surface area contributed by atoms with Crippen LogP contribution in [0.3, 0.4) is 0 Å². The number of thioether (sulfide) groups is 1. The molecule has 0 amide bonds. The number of imidazole rings is 1. The maximum Gasteiger partial charge on any atom is 0.330 e. The summed E-state index contributed by atoms with van der Waals surface area (Å²) in [6, 6.07) is 10.2. The number of nitrogens with zero attached hydrogens (tertiary/aromatic N) is 6. The molecule has 4 aromatic rings. The number of hydrogen-bond acceptors (Lipinski definition) is 6. The van der Waals surface area contributed by atoms with Gasteiger partial charge in [-0.25, -0.2) is 9.78 Å².